The van der Waals surface area contributed by atoms with Gasteiger partial charge in [0.25, 0.3) is 0 Å². The average Bonchev–Trinajstić information content (AvgIpc) is 2.37. The Morgan fingerprint density at radius 3 is 2.45 bits per heavy atom. The first-order chi connectivity index (χ1) is 9.40. The van der Waals surface area contributed by atoms with Crippen molar-refractivity contribution in [3.05, 3.63) is 24.3 Å². The van der Waals surface area contributed by atoms with E-state index in [9.17, 15) is 18.4 Å². The van der Waals surface area contributed by atoms with Crippen molar-refractivity contribution in [3.63, 3.8) is 0 Å². The van der Waals surface area contributed by atoms with Crippen molar-refractivity contribution in [2.24, 2.45) is 5.92 Å². The highest BCUT2D eigenvalue weighted by molar-refractivity contribution is 6.39. The van der Waals surface area contributed by atoms with Gasteiger partial charge in [0, 0.05) is 6.54 Å². The summed E-state index contributed by atoms with van der Waals surface area (Å²) in [6.45, 7) is 1.10. The largest absolute Gasteiger partial charge is 0.433 e. The van der Waals surface area contributed by atoms with Crippen molar-refractivity contribution in [2.45, 2.75) is 20.5 Å². The van der Waals surface area contributed by atoms with Crippen molar-refractivity contribution in [1.29, 1.82) is 0 Å². The topological polar surface area (TPSA) is 67.4 Å². The molecule has 0 unspecified atom stereocenters. The highest BCUT2D eigenvalue weighted by atomic mass is 19.3. The van der Waals surface area contributed by atoms with Gasteiger partial charge in [0.1, 0.15) is 5.75 Å². The van der Waals surface area contributed by atoms with Gasteiger partial charge in [0.05, 0.1) is 5.69 Å². The minimum atomic E-state index is -3.01. The summed E-state index contributed by atoms with van der Waals surface area (Å²) < 4.78 is 28.6. The molecule has 0 bridgehead atoms. The fourth-order valence-corrected chi connectivity index (χ4v) is 1.32. The van der Waals surface area contributed by atoms with Crippen molar-refractivity contribution >= 4 is 17.5 Å². The van der Waals surface area contributed by atoms with Gasteiger partial charge in [0.2, 0.25) is 0 Å². The lowest BCUT2D eigenvalue weighted by Crippen LogP contribution is -2.37. The van der Waals surface area contributed by atoms with Crippen LogP contribution in [-0.4, -0.2) is 25.0 Å². The van der Waals surface area contributed by atoms with E-state index < -0.39 is 18.4 Å². The second-order valence-corrected chi connectivity index (χ2v) is 4.43. The number of hydrogen-bond acceptors (Lipinski definition) is 3. The summed E-state index contributed by atoms with van der Waals surface area (Å²) in [6.07, 6.45) is 0. The Morgan fingerprint density at radius 2 is 1.85 bits per heavy atom. The molecule has 2 amide bonds. The molecule has 1 aromatic carbocycles. The molecule has 0 aliphatic heterocycles. The summed E-state index contributed by atoms with van der Waals surface area (Å²) in [4.78, 5) is 23.1. The van der Waals surface area contributed by atoms with Crippen LogP contribution in [0.3, 0.4) is 0 Å². The van der Waals surface area contributed by atoms with Gasteiger partial charge in [-0.25, -0.2) is 0 Å². The van der Waals surface area contributed by atoms with Crippen LogP contribution in [-0.2, 0) is 9.59 Å². The van der Waals surface area contributed by atoms with Crippen LogP contribution < -0.4 is 15.4 Å². The van der Waals surface area contributed by atoms with Crippen molar-refractivity contribution in [2.75, 3.05) is 11.9 Å². The van der Waals surface area contributed by atoms with E-state index in [0.717, 1.165) is 0 Å². The van der Waals surface area contributed by atoms with Crippen LogP contribution in [0, 0.1) is 5.92 Å². The van der Waals surface area contributed by atoms with E-state index in [0.29, 0.717) is 6.54 Å². The third-order valence-electron chi connectivity index (χ3n) is 2.23. The van der Waals surface area contributed by atoms with Gasteiger partial charge in [-0.2, -0.15) is 8.78 Å². The molecule has 1 aromatic rings. The maximum atomic E-state index is 12.2. The van der Waals surface area contributed by atoms with Crippen molar-refractivity contribution in [1.82, 2.24) is 5.32 Å². The van der Waals surface area contributed by atoms with Gasteiger partial charge >= 0.3 is 18.4 Å². The molecule has 0 radical (unpaired) electrons. The summed E-state index contributed by atoms with van der Waals surface area (Å²) >= 11 is 0. The summed E-state index contributed by atoms with van der Waals surface area (Å²) in [6, 6.07) is 5.64. The number of carbonyl (C=O) groups is 2. The van der Waals surface area contributed by atoms with Crippen LogP contribution in [0.25, 0.3) is 0 Å². The third-order valence-corrected chi connectivity index (χ3v) is 2.23. The Kier molecular flexibility index (Phi) is 5.89. The molecule has 110 valence electrons. The van der Waals surface area contributed by atoms with E-state index in [2.05, 4.69) is 15.4 Å². The summed E-state index contributed by atoms with van der Waals surface area (Å²) in [7, 11) is 0. The number of halogens is 2. The monoisotopic (exact) mass is 286 g/mol. The predicted octanol–water partition coefficient (Wildman–Crippen LogP) is 2.00. The molecule has 0 aliphatic rings. The molecule has 1 rings (SSSR count). The van der Waals surface area contributed by atoms with Crippen LogP contribution >= 0.6 is 0 Å². The Labute approximate surface area is 115 Å². The zero-order chi connectivity index (χ0) is 15.1. The van der Waals surface area contributed by atoms with Gasteiger partial charge in [-0.3, -0.25) is 9.59 Å². The normalized spacial score (nSPS) is 10.5. The summed E-state index contributed by atoms with van der Waals surface area (Å²) in [5.41, 5.74) is 0.0116. The first kappa shape index (κ1) is 15.9. The standard InChI is InChI=1S/C13H16F2N2O3/c1-8(2)7-16-11(18)12(19)17-9-5-3-4-6-10(9)20-13(14)15/h3-6,8,13H,7H2,1-2H3,(H,16,18)(H,17,19). The van der Waals surface area contributed by atoms with Crippen LogP contribution in [0.4, 0.5) is 14.5 Å². The number of hydrogen-bond donors (Lipinski definition) is 2. The Balaban J connectivity index is 2.68. The molecule has 0 heterocycles. The zero-order valence-corrected chi connectivity index (χ0v) is 11.2. The van der Waals surface area contributed by atoms with Gasteiger partial charge in [-0.15, -0.1) is 0 Å². The predicted molar refractivity (Wildman–Crippen MR) is 69.6 cm³/mol. The lowest BCUT2D eigenvalue weighted by Gasteiger charge is -2.12. The molecule has 20 heavy (non-hydrogen) atoms. The van der Waals surface area contributed by atoms with Gasteiger partial charge in [-0.1, -0.05) is 26.0 Å². The second kappa shape index (κ2) is 7.42. The highest BCUT2D eigenvalue weighted by Gasteiger charge is 2.16. The number of alkyl halides is 2. The number of amides is 2. The maximum absolute atomic E-state index is 12.2. The number of ether oxygens (including phenoxy) is 1. The quantitative estimate of drug-likeness (QED) is 0.813. The second-order valence-electron chi connectivity index (χ2n) is 4.43. The molecule has 2 N–H and O–H groups in total. The molecule has 0 aromatic heterocycles. The van der Waals surface area contributed by atoms with E-state index in [1.54, 1.807) is 0 Å². The molecule has 5 nitrogen and oxygen atoms in total. The van der Waals surface area contributed by atoms with Gasteiger partial charge in [0.15, 0.2) is 0 Å². The number of anilines is 1. The summed E-state index contributed by atoms with van der Waals surface area (Å²) in [5, 5.41) is 4.65. The van der Waals surface area contributed by atoms with E-state index in [4.69, 9.17) is 0 Å². The average molecular weight is 286 g/mol. The molecule has 0 spiro atoms. The minimum Gasteiger partial charge on any atom is -0.433 e. The Morgan fingerprint density at radius 1 is 1.20 bits per heavy atom. The lowest BCUT2D eigenvalue weighted by atomic mass is 10.2. The number of benzene rings is 1. The minimum absolute atomic E-state index is 0.0116. The Bertz CT molecular complexity index is 478. The van der Waals surface area contributed by atoms with E-state index >= 15 is 0 Å². The molecular weight excluding hydrogens is 270 g/mol. The van der Waals surface area contributed by atoms with E-state index in [-0.39, 0.29) is 17.4 Å². The molecule has 0 atom stereocenters. The van der Waals surface area contributed by atoms with Crippen LogP contribution in [0.2, 0.25) is 0 Å². The summed E-state index contributed by atoms with van der Waals surface area (Å²) in [5.74, 6) is -1.77. The lowest BCUT2D eigenvalue weighted by molar-refractivity contribution is -0.136. The smallest absolute Gasteiger partial charge is 0.387 e. The van der Waals surface area contributed by atoms with Gasteiger partial charge in [-0.05, 0) is 18.1 Å². The number of rotatable bonds is 5. The SMILES string of the molecule is CC(C)CNC(=O)C(=O)Nc1ccccc1OC(F)F. The van der Waals surface area contributed by atoms with Crippen LogP contribution in [0.1, 0.15) is 13.8 Å². The molecule has 0 fully saturated rings. The first-order valence-electron chi connectivity index (χ1n) is 6.03. The zero-order valence-electron chi connectivity index (χ0n) is 11.2. The van der Waals surface area contributed by atoms with E-state index in [1.165, 1.54) is 24.3 Å². The number of para-hydroxylation sites is 2. The van der Waals surface area contributed by atoms with Crippen molar-refractivity contribution in [3.8, 4) is 5.75 Å². The Hall–Kier alpha value is -2.18. The maximum Gasteiger partial charge on any atom is 0.387 e. The number of nitrogens with one attached hydrogen (secondary N) is 2. The molecule has 0 saturated carbocycles. The molecule has 7 heteroatoms. The van der Waals surface area contributed by atoms with Crippen LogP contribution in [0.5, 0.6) is 5.75 Å². The molecule has 0 aliphatic carbocycles. The fraction of sp³-hybridized carbons (Fsp3) is 0.385. The molecule has 0 saturated heterocycles. The van der Waals surface area contributed by atoms with E-state index in [1.807, 2.05) is 13.8 Å². The highest BCUT2D eigenvalue weighted by Crippen LogP contribution is 2.25. The van der Waals surface area contributed by atoms with Gasteiger partial charge < -0.3 is 15.4 Å². The third kappa shape index (κ3) is 5.21. The number of carbonyl (C=O) groups excluding carboxylic acids is 2. The van der Waals surface area contributed by atoms with Crippen LogP contribution in [0.15, 0.2) is 24.3 Å². The first-order valence-corrected chi connectivity index (χ1v) is 6.03. The fourth-order valence-electron chi connectivity index (χ4n) is 1.32. The van der Waals surface area contributed by atoms with Crippen molar-refractivity contribution < 1.29 is 23.1 Å². The molecular formula is C13H16F2N2O3.